The van der Waals surface area contributed by atoms with Gasteiger partial charge in [-0.1, -0.05) is 12.1 Å². The molecule has 0 saturated carbocycles. The van der Waals surface area contributed by atoms with Crippen molar-refractivity contribution < 1.29 is 14.4 Å². The minimum Gasteiger partial charge on any atom is -0.351 e. The monoisotopic (exact) mass is 391 g/mol. The molecule has 8 heteroatoms. The van der Waals surface area contributed by atoms with Crippen LogP contribution in [-0.4, -0.2) is 49.0 Å². The van der Waals surface area contributed by atoms with Crippen molar-refractivity contribution in [2.24, 2.45) is 0 Å². The van der Waals surface area contributed by atoms with Gasteiger partial charge in [0.15, 0.2) is 0 Å². The number of anilines is 1. The maximum atomic E-state index is 12.2. The molecular weight excluding hydrogens is 370 g/mol. The zero-order valence-corrected chi connectivity index (χ0v) is 16.3. The van der Waals surface area contributed by atoms with Crippen molar-refractivity contribution in [3.05, 3.63) is 46.7 Å². The molecule has 1 aromatic carbocycles. The molecule has 26 heavy (non-hydrogen) atoms. The molecule has 138 valence electrons. The second-order valence-electron chi connectivity index (χ2n) is 5.52. The van der Waals surface area contributed by atoms with Gasteiger partial charge in [0.2, 0.25) is 11.8 Å². The molecule has 2 aromatic rings. The topological polar surface area (TPSA) is 78.5 Å². The quantitative estimate of drug-likeness (QED) is 0.678. The SMILES string of the molecule is CSc1ccccc1NC(=O)CN(C)C(=O)CCNC(=O)c1ccsc1. The molecule has 0 aliphatic carbocycles. The third-order valence-electron chi connectivity index (χ3n) is 3.60. The molecule has 0 aliphatic rings. The first-order chi connectivity index (χ1) is 12.5. The van der Waals surface area contributed by atoms with Crippen molar-refractivity contribution in [3.63, 3.8) is 0 Å². The predicted octanol–water partition coefficient (Wildman–Crippen LogP) is 2.69. The predicted molar refractivity (Wildman–Crippen MR) is 106 cm³/mol. The highest BCUT2D eigenvalue weighted by atomic mass is 32.2. The van der Waals surface area contributed by atoms with E-state index in [2.05, 4.69) is 10.6 Å². The van der Waals surface area contributed by atoms with Gasteiger partial charge in [0.1, 0.15) is 0 Å². The van der Waals surface area contributed by atoms with Crippen molar-refractivity contribution in [2.45, 2.75) is 11.3 Å². The summed E-state index contributed by atoms with van der Waals surface area (Å²) >= 11 is 2.98. The number of benzene rings is 1. The molecule has 1 aromatic heterocycles. The summed E-state index contributed by atoms with van der Waals surface area (Å²) < 4.78 is 0. The van der Waals surface area contributed by atoms with Crippen molar-refractivity contribution in [1.29, 1.82) is 0 Å². The Morgan fingerprint density at radius 2 is 1.96 bits per heavy atom. The number of thiophene rings is 1. The van der Waals surface area contributed by atoms with Crippen LogP contribution < -0.4 is 10.6 Å². The summed E-state index contributed by atoms with van der Waals surface area (Å²) in [6.07, 6.45) is 2.08. The Morgan fingerprint density at radius 3 is 2.65 bits per heavy atom. The minimum atomic E-state index is -0.260. The van der Waals surface area contributed by atoms with Gasteiger partial charge in [-0.25, -0.2) is 0 Å². The number of nitrogens with one attached hydrogen (secondary N) is 2. The van der Waals surface area contributed by atoms with Crippen molar-refractivity contribution in [1.82, 2.24) is 10.2 Å². The molecule has 0 spiro atoms. The van der Waals surface area contributed by atoms with Gasteiger partial charge in [0, 0.05) is 35.9 Å². The van der Waals surface area contributed by atoms with E-state index in [1.54, 1.807) is 30.3 Å². The standard InChI is InChI=1S/C18H21N3O3S2/c1-21(11-16(22)20-14-5-3-4-6-15(14)25-2)17(23)7-9-19-18(24)13-8-10-26-12-13/h3-6,8,10,12H,7,9,11H2,1-2H3,(H,19,24)(H,20,22). The maximum Gasteiger partial charge on any atom is 0.252 e. The van der Waals surface area contributed by atoms with E-state index in [0.717, 1.165) is 10.6 Å². The first kappa shape index (κ1) is 20.0. The molecule has 0 saturated heterocycles. The highest BCUT2D eigenvalue weighted by molar-refractivity contribution is 7.98. The number of para-hydroxylation sites is 1. The Hall–Kier alpha value is -2.32. The molecule has 3 amide bonds. The molecule has 0 aliphatic heterocycles. The maximum absolute atomic E-state index is 12.2. The smallest absolute Gasteiger partial charge is 0.252 e. The van der Waals surface area contributed by atoms with E-state index >= 15 is 0 Å². The number of nitrogens with zero attached hydrogens (tertiary/aromatic N) is 1. The van der Waals surface area contributed by atoms with Gasteiger partial charge < -0.3 is 15.5 Å². The third kappa shape index (κ3) is 5.89. The van der Waals surface area contributed by atoms with E-state index in [4.69, 9.17) is 0 Å². The summed E-state index contributed by atoms with van der Waals surface area (Å²) in [5.41, 5.74) is 1.32. The lowest BCUT2D eigenvalue weighted by molar-refractivity contribution is -0.133. The Kier molecular flexibility index (Phi) is 7.68. The summed E-state index contributed by atoms with van der Waals surface area (Å²) in [4.78, 5) is 38.4. The summed E-state index contributed by atoms with van der Waals surface area (Å²) in [6.45, 7) is 0.189. The minimum absolute atomic E-state index is 0.0416. The van der Waals surface area contributed by atoms with Crippen molar-refractivity contribution >= 4 is 46.5 Å². The van der Waals surface area contributed by atoms with Gasteiger partial charge in [0.25, 0.3) is 5.91 Å². The lowest BCUT2D eigenvalue weighted by Crippen LogP contribution is -2.37. The Balaban J connectivity index is 1.75. The van der Waals surface area contributed by atoms with Crippen molar-refractivity contribution in [3.8, 4) is 0 Å². The van der Waals surface area contributed by atoms with Gasteiger partial charge in [-0.15, -0.1) is 11.8 Å². The van der Waals surface area contributed by atoms with Crippen LogP contribution in [0.2, 0.25) is 0 Å². The molecule has 0 unspecified atom stereocenters. The summed E-state index contributed by atoms with van der Waals surface area (Å²) in [6, 6.07) is 9.23. The lowest BCUT2D eigenvalue weighted by Gasteiger charge is -2.17. The van der Waals surface area contributed by atoms with Crippen LogP contribution in [0.1, 0.15) is 16.8 Å². The fourth-order valence-electron chi connectivity index (χ4n) is 2.21. The van der Waals surface area contributed by atoms with E-state index in [0.29, 0.717) is 5.56 Å². The van der Waals surface area contributed by atoms with E-state index in [1.807, 2.05) is 35.9 Å². The molecular formula is C18H21N3O3S2. The van der Waals surface area contributed by atoms with Crippen LogP contribution >= 0.6 is 23.1 Å². The average Bonchev–Trinajstić information content (AvgIpc) is 3.16. The van der Waals surface area contributed by atoms with E-state index < -0.39 is 0 Å². The molecule has 1 heterocycles. The Morgan fingerprint density at radius 1 is 1.19 bits per heavy atom. The highest BCUT2D eigenvalue weighted by Gasteiger charge is 2.14. The van der Waals surface area contributed by atoms with Crippen molar-refractivity contribution in [2.75, 3.05) is 31.7 Å². The number of rotatable bonds is 8. The molecule has 0 radical (unpaired) electrons. The molecule has 0 fully saturated rings. The van der Waals surface area contributed by atoms with Crippen LogP contribution in [0.3, 0.4) is 0 Å². The van der Waals surface area contributed by atoms with Crippen LogP contribution in [0.25, 0.3) is 0 Å². The number of hydrogen-bond donors (Lipinski definition) is 2. The van der Waals surface area contributed by atoms with Crippen LogP contribution in [0.5, 0.6) is 0 Å². The number of amides is 3. The van der Waals surface area contributed by atoms with Gasteiger partial charge in [-0.2, -0.15) is 11.3 Å². The second-order valence-corrected chi connectivity index (χ2v) is 7.14. The Labute approximate surface area is 161 Å². The molecule has 0 bridgehead atoms. The number of hydrogen-bond acceptors (Lipinski definition) is 5. The van der Waals surface area contributed by atoms with Gasteiger partial charge in [0.05, 0.1) is 12.2 Å². The molecule has 0 atom stereocenters. The second kappa shape index (κ2) is 9.98. The fourth-order valence-corrected chi connectivity index (χ4v) is 3.40. The highest BCUT2D eigenvalue weighted by Crippen LogP contribution is 2.24. The van der Waals surface area contributed by atoms with Gasteiger partial charge in [-0.3, -0.25) is 14.4 Å². The first-order valence-corrected chi connectivity index (χ1v) is 10.1. The summed E-state index contributed by atoms with van der Waals surface area (Å²) in [5.74, 6) is -0.665. The van der Waals surface area contributed by atoms with Gasteiger partial charge >= 0.3 is 0 Å². The number of thioether (sulfide) groups is 1. The molecule has 6 nitrogen and oxygen atoms in total. The fraction of sp³-hybridized carbons (Fsp3) is 0.278. The Bertz CT molecular complexity index is 763. The summed E-state index contributed by atoms with van der Waals surface area (Å²) in [7, 11) is 1.57. The lowest BCUT2D eigenvalue weighted by atomic mass is 10.3. The van der Waals surface area contributed by atoms with Crippen LogP contribution in [0, 0.1) is 0 Å². The largest absolute Gasteiger partial charge is 0.351 e. The van der Waals surface area contributed by atoms with Gasteiger partial charge in [-0.05, 0) is 29.8 Å². The first-order valence-electron chi connectivity index (χ1n) is 7.98. The van der Waals surface area contributed by atoms with Crippen LogP contribution in [0.4, 0.5) is 5.69 Å². The normalized spacial score (nSPS) is 10.2. The number of carbonyl (C=O) groups excluding carboxylic acids is 3. The molecule has 2 N–H and O–H groups in total. The van der Waals surface area contributed by atoms with Crippen LogP contribution in [-0.2, 0) is 9.59 Å². The third-order valence-corrected chi connectivity index (χ3v) is 5.07. The average molecular weight is 392 g/mol. The zero-order chi connectivity index (χ0) is 18.9. The van der Waals surface area contributed by atoms with E-state index in [1.165, 1.54) is 16.2 Å². The summed E-state index contributed by atoms with van der Waals surface area (Å²) in [5, 5.41) is 9.08. The number of likely N-dealkylation sites (N-methyl/N-ethyl adjacent to an activating group) is 1. The zero-order valence-electron chi connectivity index (χ0n) is 14.7. The van der Waals surface area contributed by atoms with E-state index in [9.17, 15) is 14.4 Å². The molecule has 2 rings (SSSR count). The number of carbonyl (C=O) groups is 3. The van der Waals surface area contributed by atoms with Crippen LogP contribution in [0.15, 0.2) is 46.0 Å². The van der Waals surface area contributed by atoms with E-state index in [-0.39, 0.29) is 37.2 Å².